The van der Waals surface area contributed by atoms with Gasteiger partial charge < -0.3 is 4.89 Å². The van der Waals surface area contributed by atoms with E-state index in [0.29, 0.717) is 0 Å². The highest BCUT2D eigenvalue weighted by Gasteiger charge is 2.23. The number of benzene rings is 1. The molecule has 0 bridgehead atoms. The molecule has 0 aliphatic carbocycles. The van der Waals surface area contributed by atoms with Crippen LogP contribution in [0.2, 0.25) is 0 Å². The van der Waals surface area contributed by atoms with Crippen LogP contribution in [-0.4, -0.2) is 10.0 Å². The van der Waals surface area contributed by atoms with Crippen LogP contribution < -0.4 is 5.30 Å². The van der Waals surface area contributed by atoms with Crippen molar-refractivity contribution in [1.29, 1.82) is 0 Å². The van der Waals surface area contributed by atoms with Gasteiger partial charge in [-0.2, -0.15) is 0 Å². The van der Waals surface area contributed by atoms with Gasteiger partial charge >= 0.3 is 0 Å². The van der Waals surface area contributed by atoms with Gasteiger partial charge in [0.25, 0.3) is 0 Å². The summed E-state index contributed by atoms with van der Waals surface area (Å²) >= 11 is 0. The molecule has 0 spiro atoms. The number of rotatable bonds is 1. The molecule has 1 atom stereocenters. The summed E-state index contributed by atoms with van der Waals surface area (Å²) in [5, 5.41) is 1.04. The molecule has 0 aromatic heterocycles. The third-order valence-corrected chi connectivity index (χ3v) is 3.69. The van der Waals surface area contributed by atoms with Crippen LogP contribution in [-0.2, 0) is 0 Å². The van der Waals surface area contributed by atoms with Crippen molar-refractivity contribution >= 4 is 13.5 Å². The fourth-order valence-corrected chi connectivity index (χ4v) is 2.19. The average Bonchev–Trinajstić information content (AvgIpc) is 2.03. The lowest BCUT2D eigenvalue weighted by Crippen LogP contribution is -2.18. The molecule has 0 radical (unpaired) electrons. The zero-order chi connectivity index (χ0) is 9.19. The van der Waals surface area contributed by atoms with Crippen molar-refractivity contribution in [2.75, 3.05) is 0 Å². The average molecular weight is 182 g/mol. The smallest absolute Gasteiger partial charge is 0.0618 e. The molecule has 66 valence electrons. The molecule has 0 fully saturated rings. The van der Waals surface area contributed by atoms with Crippen LogP contribution in [0.25, 0.3) is 0 Å². The maximum Gasteiger partial charge on any atom is 0.0618 e. The SMILES string of the molecule is CC(C)(C)[P@](O)c1ccccc1. The van der Waals surface area contributed by atoms with Gasteiger partial charge in [0, 0.05) is 10.5 Å². The highest BCUT2D eigenvalue weighted by Crippen LogP contribution is 2.43. The fourth-order valence-electron chi connectivity index (χ4n) is 0.956. The second-order valence-corrected chi connectivity index (χ2v) is 6.30. The topological polar surface area (TPSA) is 20.2 Å². The molecule has 0 heterocycles. The van der Waals surface area contributed by atoms with Crippen LogP contribution >= 0.6 is 8.15 Å². The Morgan fingerprint density at radius 3 is 2.00 bits per heavy atom. The van der Waals surface area contributed by atoms with Gasteiger partial charge in [-0.3, -0.25) is 0 Å². The predicted octanol–water partition coefficient (Wildman–Crippen LogP) is 2.50. The highest BCUT2D eigenvalue weighted by molar-refractivity contribution is 7.61. The Labute approximate surface area is 75.3 Å². The van der Waals surface area contributed by atoms with Gasteiger partial charge in [0.1, 0.15) is 0 Å². The lowest BCUT2D eigenvalue weighted by molar-refractivity contribution is 0.589. The van der Waals surface area contributed by atoms with E-state index in [2.05, 4.69) is 20.8 Å². The van der Waals surface area contributed by atoms with Gasteiger partial charge in [-0.15, -0.1) is 0 Å². The number of hydrogen-bond acceptors (Lipinski definition) is 1. The van der Waals surface area contributed by atoms with Gasteiger partial charge in [0.05, 0.1) is 8.15 Å². The predicted molar refractivity (Wildman–Crippen MR) is 55.0 cm³/mol. The van der Waals surface area contributed by atoms with Crippen molar-refractivity contribution in [2.24, 2.45) is 0 Å². The summed E-state index contributed by atoms with van der Waals surface area (Å²) in [4.78, 5) is 9.92. The minimum Gasteiger partial charge on any atom is -0.368 e. The van der Waals surface area contributed by atoms with E-state index in [1.807, 2.05) is 30.3 Å². The summed E-state index contributed by atoms with van der Waals surface area (Å²) in [5.74, 6) is 0. The normalized spacial score (nSPS) is 14.3. The van der Waals surface area contributed by atoms with E-state index >= 15 is 0 Å². The van der Waals surface area contributed by atoms with Crippen molar-refractivity contribution in [2.45, 2.75) is 25.9 Å². The third-order valence-electron chi connectivity index (χ3n) is 1.64. The standard InChI is InChI=1S/C10H15OP/c1-10(2,3)12(11)9-7-5-4-6-8-9/h4-8,11H,1-3H3/t12-/m1/s1. The molecule has 1 aromatic carbocycles. The van der Waals surface area contributed by atoms with Crippen LogP contribution in [0.15, 0.2) is 30.3 Å². The largest absolute Gasteiger partial charge is 0.368 e. The molecule has 1 N–H and O–H groups in total. The molecular weight excluding hydrogens is 167 g/mol. The molecule has 2 heteroatoms. The second kappa shape index (κ2) is 3.55. The van der Waals surface area contributed by atoms with Gasteiger partial charge in [-0.25, -0.2) is 0 Å². The van der Waals surface area contributed by atoms with Gasteiger partial charge in [-0.05, 0) is 0 Å². The van der Waals surface area contributed by atoms with E-state index in [4.69, 9.17) is 0 Å². The van der Waals surface area contributed by atoms with Crippen LogP contribution in [0.1, 0.15) is 20.8 Å². The fraction of sp³-hybridized carbons (Fsp3) is 0.400. The molecule has 0 saturated heterocycles. The molecule has 0 aliphatic heterocycles. The first kappa shape index (κ1) is 9.70. The zero-order valence-electron chi connectivity index (χ0n) is 7.78. The summed E-state index contributed by atoms with van der Waals surface area (Å²) in [6, 6.07) is 9.86. The number of hydrogen-bond donors (Lipinski definition) is 1. The molecule has 1 aromatic rings. The third kappa shape index (κ3) is 2.30. The van der Waals surface area contributed by atoms with Crippen molar-refractivity contribution in [3.8, 4) is 0 Å². The van der Waals surface area contributed by atoms with Crippen LogP contribution in [0.5, 0.6) is 0 Å². The van der Waals surface area contributed by atoms with Gasteiger partial charge in [0.15, 0.2) is 0 Å². The minimum absolute atomic E-state index is 0.0172. The van der Waals surface area contributed by atoms with Crippen LogP contribution in [0, 0.1) is 0 Å². The van der Waals surface area contributed by atoms with Crippen LogP contribution in [0.3, 0.4) is 0 Å². The monoisotopic (exact) mass is 182 g/mol. The van der Waals surface area contributed by atoms with Gasteiger partial charge in [0.2, 0.25) is 0 Å². The van der Waals surface area contributed by atoms with Crippen molar-refractivity contribution in [3.63, 3.8) is 0 Å². The van der Waals surface area contributed by atoms with E-state index in [1.165, 1.54) is 0 Å². The lowest BCUT2D eigenvalue weighted by Gasteiger charge is -2.25. The molecule has 12 heavy (non-hydrogen) atoms. The molecule has 0 aliphatic rings. The maximum absolute atomic E-state index is 9.92. The second-order valence-electron chi connectivity index (χ2n) is 3.82. The molecule has 1 rings (SSSR count). The Morgan fingerprint density at radius 2 is 1.58 bits per heavy atom. The molecule has 1 nitrogen and oxygen atoms in total. The first-order valence-electron chi connectivity index (χ1n) is 4.06. The van der Waals surface area contributed by atoms with Crippen molar-refractivity contribution in [3.05, 3.63) is 30.3 Å². The summed E-state index contributed by atoms with van der Waals surface area (Å²) < 4.78 is 0. The van der Waals surface area contributed by atoms with Crippen molar-refractivity contribution in [1.82, 2.24) is 0 Å². The van der Waals surface area contributed by atoms with E-state index in [9.17, 15) is 4.89 Å². The molecule has 0 unspecified atom stereocenters. The van der Waals surface area contributed by atoms with Crippen molar-refractivity contribution < 1.29 is 4.89 Å². The van der Waals surface area contributed by atoms with E-state index < -0.39 is 8.15 Å². The zero-order valence-corrected chi connectivity index (χ0v) is 8.68. The molecule has 0 amide bonds. The van der Waals surface area contributed by atoms with Crippen LogP contribution in [0.4, 0.5) is 0 Å². The van der Waals surface area contributed by atoms with E-state index in [0.717, 1.165) is 5.30 Å². The van der Waals surface area contributed by atoms with E-state index in [1.54, 1.807) is 0 Å². The molecule has 0 saturated carbocycles. The summed E-state index contributed by atoms with van der Waals surface area (Å²) in [6.07, 6.45) is 0. The van der Waals surface area contributed by atoms with Gasteiger partial charge in [-0.1, -0.05) is 51.1 Å². The highest BCUT2D eigenvalue weighted by atomic mass is 31.1. The Bertz CT molecular complexity index is 238. The first-order valence-corrected chi connectivity index (χ1v) is 5.35. The summed E-state index contributed by atoms with van der Waals surface area (Å²) in [7, 11) is -1.02. The lowest BCUT2D eigenvalue weighted by atomic mass is 10.3. The minimum atomic E-state index is -1.02. The molecular formula is C10H15OP. The Hall–Kier alpha value is -0.390. The quantitative estimate of drug-likeness (QED) is 0.661. The Kier molecular flexibility index (Phi) is 2.87. The Balaban J connectivity index is 2.86. The maximum atomic E-state index is 9.92. The first-order chi connectivity index (χ1) is 5.52. The summed E-state index contributed by atoms with van der Waals surface area (Å²) in [6.45, 7) is 6.18. The summed E-state index contributed by atoms with van der Waals surface area (Å²) in [5.41, 5.74) is 0. The Morgan fingerprint density at radius 1 is 1.08 bits per heavy atom. The van der Waals surface area contributed by atoms with E-state index in [-0.39, 0.29) is 5.16 Å².